The van der Waals surface area contributed by atoms with E-state index in [4.69, 9.17) is 10.8 Å². The Bertz CT molecular complexity index is 491. The normalized spacial score (nSPS) is 13.8. The van der Waals surface area contributed by atoms with Crippen LogP contribution in [0.25, 0.3) is 0 Å². The topological polar surface area (TPSA) is 121 Å². The summed E-state index contributed by atoms with van der Waals surface area (Å²) in [5.41, 5.74) is 4.97. The second-order valence-corrected chi connectivity index (χ2v) is 4.10. The van der Waals surface area contributed by atoms with Crippen LogP contribution >= 0.6 is 0 Å². The highest BCUT2D eigenvalue weighted by atomic mass is 19.1. The van der Waals surface area contributed by atoms with Gasteiger partial charge in [0.25, 0.3) is 0 Å². The summed E-state index contributed by atoms with van der Waals surface area (Å²) < 4.78 is 13.1. The smallest absolute Gasteiger partial charge is 0.307 e. The molecular weight excluding hydrogens is 257 g/mol. The minimum atomic E-state index is -1.51. The van der Waals surface area contributed by atoms with Crippen LogP contribution in [0.1, 0.15) is 23.7 Å². The van der Waals surface area contributed by atoms with Crippen molar-refractivity contribution in [1.29, 1.82) is 0 Å². The Morgan fingerprint density at radius 2 is 1.95 bits per heavy atom. The monoisotopic (exact) mass is 271 g/mol. The van der Waals surface area contributed by atoms with Crippen LogP contribution in [0.4, 0.5) is 4.39 Å². The number of carbonyl (C=O) groups excluding carboxylic acids is 1. The quantitative estimate of drug-likeness (QED) is 0.567. The van der Waals surface area contributed by atoms with Crippen molar-refractivity contribution in [2.45, 2.75) is 25.0 Å². The zero-order chi connectivity index (χ0) is 14.6. The lowest BCUT2D eigenvalue weighted by molar-refractivity contribution is -0.136. The largest absolute Gasteiger partial charge is 0.481 e. The Kier molecular flexibility index (Phi) is 4.96. The molecule has 0 saturated carbocycles. The number of aliphatic carboxylic acids is 1. The van der Waals surface area contributed by atoms with E-state index < -0.39 is 42.7 Å². The lowest BCUT2D eigenvalue weighted by Gasteiger charge is -2.19. The highest BCUT2D eigenvalue weighted by molar-refractivity contribution is 5.74. The van der Waals surface area contributed by atoms with Gasteiger partial charge in [-0.05, 0) is 23.3 Å². The maximum absolute atomic E-state index is 13.1. The number of rotatable bonds is 6. The molecule has 0 saturated heterocycles. The van der Waals surface area contributed by atoms with Gasteiger partial charge in [-0.25, -0.2) is 4.39 Å². The number of carboxylic acid groups (broad SMARTS) is 1. The number of aliphatic hydroxyl groups is 2. The summed E-state index contributed by atoms with van der Waals surface area (Å²) in [6, 6.07) is 3.16. The minimum Gasteiger partial charge on any atom is -0.481 e. The van der Waals surface area contributed by atoms with Crippen LogP contribution < -0.4 is 5.73 Å². The first-order valence-corrected chi connectivity index (χ1v) is 5.45. The Morgan fingerprint density at radius 1 is 1.32 bits per heavy atom. The second-order valence-electron chi connectivity index (χ2n) is 4.10. The van der Waals surface area contributed by atoms with E-state index in [1.165, 1.54) is 6.07 Å². The molecule has 0 radical (unpaired) electrons. The van der Waals surface area contributed by atoms with Crippen molar-refractivity contribution in [3.63, 3.8) is 0 Å². The Balaban J connectivity index is 3.03. The molecule has 7 heteroatoms. The van der Waals surface area contributed by atoms with Gasteiger partial charge in [-0.2, -0.15) is 0 Å². The van der Waals surface area contributed by atoms with Gasteiger partial charge in [-0.1, -0.05) is 6.07 Å². The number of hydrogen-bond donors (Lipinski definition) is 4. The molecule has 19 heavy (non-hydrogen) atoms. The van der Waals surface area contributed by atoms with Crippen molar-refractivity contribution in [2.75, 3.05) is 0 Å². The van der Waals surface area contributed by atoms with Crippen molar-refractivity contribution in [2.24, 2.45) is 5.73 Å². The molecule has 0 aromatic heterocycles. The first-order chi connectivity index (χ1) is 8.81. The number of aliphatic hydroxyl groups excluding tert-OH is 2. The first-order valence-electron chi connectivity index (χ1n) is 5.45. The maximum Gasteiger partial charge on any atom is 0.307 e. The van der Waals surface area contributed by atoms with Crippen molar-refractivity contribution in [3.05, 3.63) is 35.1 Å². The molecule has 0 aliphatic heterocycles. The van der Waals surface area contributed by atoms with Gasteiger partial charge in [-0.15, -0.1) is 0 Å². The first kappa shape index (κ1) is 15.1. The summed E-state index contributed by atoms with van der Waals surface area (Å²) in [5.74, 6) is -2.67. The Hall–Kier alpha value is -1.99. The molecule has 1 amide bonds. The van der Waals surface area contributed by atoms with Gasteiger partial charge in [0.1, 0.15) is 11.9 Å². The summed E-state index contributed by atoms with van der Waals surface area (Å²) in [7, 11) is 0. The predicted octanol–water partition coefficient (Wildman–Crippen LogP) is -0.278. The molecule has 5 N–H and O–H groups in total. The molecule has 104 valence electrons. The SMILES string of the molecule is NC(=O)CC(O)C(O)c1ccc(F)cc1CC(=O)O. The molecule has 1 aromatic carbocycles. The number of nitrogens with two attached hydrogens (primary N) is 1. The van der Waals surface area contributed by atoms with E-state index in [0.717, 1.165) is 12.1 Å². The van der Waals surface area contributed by atoms with Gasteiger partial charge in [0.2, 0.25) is 5.91 Å². The molecule has 0 spiro atoms. The van der Waals surface area contributed by atoms with E-state index in [0.29, 0.717) is 0 Å². The molecule has 0 bridgehead atoms. The highest BCUT2D eigenvalue weighted by Gasteiger charge is 2.23. The number of halogens is 1. The minimum absolute atomic E-state index is 0.0310. The third-order valence-corrected chi connectivity index (χ3v) is 2.54. The molecular formula is C12H14FNO5. The van der Waals surface area contributed by atoms with Gasteiger partial charge < -0.3 is 21.1 Å². The summed E-state index contributed by atoms with van der Waals surface area (Å²) >= 11 is 0. The standard InChI is InChI=1S/C12H14FNO5/c13-7-1-2-8(6(3-7)4-11(17)18)12(19)9(15)5-10(14)16/h1-3,9,12,15,19H,4-5H2,(H2,14,16)(H,17,18). The van der Waals surface area contributed by atoms with E-state index in [9.17, 15) is 24.2 Å². The summed E-state index contributed by atoms with van der Waals surface area (Å²) in [4.78, 5) is 21.3. The number of amides is 1. The van der Waals surface area contributed by atoms with Crippen molar-refractivity contribution >= 4 is 11.9 Å². The van der Waals surface area contributed by atoms with E-state index in [1.54, 1.807) is 0 Å². The molecule has 0 aliphatic rings. The molecule has 6 nitrogen and oxygen atoms in total. The summed E-state index contributed by atoms with van der Waals surface area (Å²) in [5, 5.41) is 28.1. The van der Waals surface area contributed by atoms with Crippen molar-refractivity contribution < 1.29 is 29.3 Å². The van der Waals surface area contributed by atoms with Crippen LogP contribution in [0.3, 0.4) is 0 Å². The van der Waals surface area contributed by atoms with E-state index >= 15 is 0 Å². The van der Waals surface area contributed by atoms with Crippen LogP contribution in [0.2, 0.25) is 0 Å². The Labute approximate surface area is 108 Å². The van der Waals surface area contributed by atoms with Crippen molar-refractivity contribution in [1.82, 2.24) is 0 Å². The fraction of sp³-hybridized carbons (Fsp3) is 0.333. The number of hydrogen-bond acceptors (Lipinski definition) is 4. The molecule has 0 fully saturated rings. The van der Waals surface area contributed by atoms with Crippen LogP contribution in [-0.2, 0) is 16.0 Å². The molecule has 2 unspecified atom stereocenters. The van der Waals surface area contributed by atoms with Crippen LogP contribution in [0, 0.1) is 5.82 Å². The van der Waals surface area contributed by atoms with Gasteiger partial charge in [0, 0.05) is 0 Å². The van der Waals surface area contributed by atoms with Gasteiger partial charge in [-0.3, -0.25) is 9.59 Å². The number of primary amides is 1. The molecule has 0 aliphatic carbocycles. The third-order valence-electron chi connectivity index (χ3n) is 2.54. The van der Waals surface area contributed by atoms with E-state index in [1.807, 2.05) is 0 Å². The van der Waals surface area contributed by atoms with E-state index in [2.05, 4.69) is 0 Å². The lowest BCUT2D eigenvalue weighted by Crippen LogP contribution is -2.26. The van der Waals surface area contributed by atoms with Crippen LogP contribution in [-0.4, -0.2) is 33.3 Å². The Morgan fingerprint density at radius 3 is 2.47 bits per heavy atom. The van der Waals surface area contributed by atoms with Crippen LogP contribution in [0.15, 0.2) is 18.2 Å². The number of benzene rings is 1. The second kappa shape index (κ2) is 6.26. The predicted molar refractivity (Wildman–Crippen MR) is 62.5 cm³/mol. The van der Waals surface area contributed by atoms with Gasteiger partial charge in [0.05, 0.1) is 18.9 Å². The van der Waals surface area contributed by atoms with E-state index in [-0.39, 0.29) is 11.1 Å². The van der Waals surface area contributed by atoms with Crippen molar-refractivity contribution in [3.8, 4) is 0 Å². The van der Waals surface area contributed by atoms with Gasteiger partial charge >= 0.3 is 5.97 Å². The van der Waals surface area contributed by atoms with Gasteiger partial charge in [0.15, 0.2) is 0 Å². The molecule has 2 atom stereocenters. The van der Waals surface area contributed by atoms with Crippen LogP contribution in [0.5, 0.6) is 0 Å². The average Bonchev–Trinajstić information content (AvgIpc) is 2.26. The summed E-state index contributed by atoms with van der Waals surface area (Å²) in [6.07, 6.45) is -3.98. The lowest BCUT2D eigenvalue weighted by atomic mass is 9.95. The maximum atomic E-state index is 13.1. The zero-order valence-electron chi connectivity index (χ0n) is 9.91. The summed E-state index contributed by atoms with van der Waals surface area (Å²) in [6.45, 7) is 0. The zero-order valence-corrected chi connectivity index (χ0v) is 9.91. The third kappa shape index (κ3) is 4.31. The fourth-order valence-corrected chi connectivity index (χ4v) is 1.70. The number of carboxylic acids is 1. The molecule has 0 heterocycles. The molecule has 1 aromatic rings. The molecule has 1 rings (SSSR count). The number of carbonyl (C=O) groups is 2. The highest BCUT2D eigenvalue weighted by Crippen LogP contribution is 2.24. The average molecular weight is 271 g/mol. The fourth-order valence-electron chi connectivity index (χ4n) is 1.70.